The normalized spacial score (nSPS) is 10.8. The van der Waals surface area contributed by atoms with Gasteiger partial charge in [-0.2, -0.15) is 0 Å². The quantitative estimate of drug-likeness (QED) is 0.683. The highest BCUT2D eigenvalue weighted by molar-refractivity contribution is 5.85. The van der Waals surface area contributed by atoms with Gasteiger partial charge in [0.15, 0.2) is 11.6 Å². The molecule has 0 spiro atoms. The fourth-order valence-corrected chi connectivity index (χ4v) is 1.50. The zero-order chi connectivity index (χ0) is 10.3. The first kappa shape index (κ1) is 8.94. The maximum Gasteiger partial charge on any atom is 0.175 e. The molecule has 0 aliphatic carbocycles. The molecule has 1 nitrogen and oxygen atoms in total. The zero-order valence-electron chi connectivity index (χ0n) is 7.51. The van der Waals surface area contributed by atoms with Crippen molar-refractivity contribution < 1.29 is 13.9 Å². The third-order valence-electron chi connectivity index (χ3n) is 2.13. The summed E-state index contributed by atoms with van der Waals surface area (Å²) in [4.78, 5) is 0. The summed E-state index contributed by atoms with van der Waals surface area (Å²) in [6.07, 6.45) is 0. The number of hydrogen-bond acceptors (Lipinski definition) is 1. The van der Waals surface area contributed by atoms with Gasteiger partial charge in [0.25, 0.3) is 0 Å². The molecular weight excluding hydrogens is 186 g/mol. The molecule has 0 fully saturated rings. The minimum absolute atomic E-state index is 0.157. The van der Waals surface area contributed by atoms with Crippen LogP contribution in [0.3, 0.4) is 0 Å². The minimum Gasteiger partial charge on any atom is -0.505 e. The SMILES string of the molecule is Cc1cc(F)c2c(F)c(O)ccc2c1. The van der Waals surface area contributed by atoms with Crippen LogP contribution in [0.1, 0.15) is 5.56 Å². The molecule has 1 N–H and O–H groups in total. The molecule has 2 aromatic rings. The summed E-state index contributed by atoms with van der Waals surface area (Å²) in [5, 5.41) is 9.37. The summed E-state index contributed by atoms with van der Waals surface area (Å²) in [5.41, 5.74) is 0.722. The molecule has 14 heavy (non-hydrogen) atoms. The molecule has 2 rings (SSSR count). The van der Waals surface area contributed by atoms with Crippen molar-refractivity contribution in [1.82, 2.24) is 0 Å². The van der Waals surface area contributed by atoms with Crippen LogP contribution in [0.25, 0.3) is 10.8 Å². The predicted octanol–water partition coefficient (Wildman–Crippen LogP) is 3.13. The van der Waals surface area contributed by atoms with E-state index in [0.717, 1.165) is 5.56 Å². The second-order valence-electron chi connectivity index (χ2n) is 3.24. The number of fused-ring (bicyclic) bond motifs is 1. The van der Waals surface area contributed by atoms with Crippen molar-refractivity contribution in [2.45, 2.75) is 6.92 Å². The topological polar surface area (TPSA) is 20.2 Å². The molecule has 0 saturated carbocycles. The van der Waals surface area contributed by atoms with E-state index < -0.39 is 17.4 Å². The van der Waals surface area contributed by atoms with Crippen molar-refractivity contribution in [2.24, 2.45) is 0 Å². The Morgan fingerprint density at radius 1 is 1.14 bits per heavy atom. The first-order valence-corrected chi connectivity index (χ1v) is 4.17. The largest absolute Gasteiger partial charge is 0.505 e. The zero-order valence-corrected chi connectivity index (χ0v) is 7.51. The van der Waals surface area contributed by atoms with E-state index >= 15 is 0 Å². The van der Waals surface area contributed by atoms with Crippen LogP contribution in [-0.4, -0.2) is 5.11 Å². The Morgan fingerprint density at radius 3 is 2.57 bits per heavy atom. The van der Waals surface area contributed by atoms with E-state index in [0.29, 0.717) is 5.39 Å². The van der Waals surface area contributed by atoms with Crippen molar-refractivity contribution in [3.05, 3.63) is 41.5 Å². The molecule has 0 heterocycles. The van der Waals surface area contributed by atoms with Crippen LogP contribution in [0.15, 0.2) is 24.3 Å². The van der Waals surface area contributed by atoms with Crippen molar-refractivity contribution in [3.63, 3.8) is 0 Å². The minimum atomic E-state index is -0.903. The number of aryl methyl sites for hydroxylation is 1. The molecular formula is C11H8F2O. The van der Waals surface area contributed by atoms with Gasteiger partial charge < -0.3 is 5.11 Å². The summed E-state index contributed by atoms with van der Waals surface area (Å²) in [7, 11) is 0. The Kier molecular flexibility index (Phi) is 1.88. The number of phenols is 1. The van der Waals surface area contributed by atoms with Crippen LogP contribution in [-0.2, 0) is 0 Å². The Balaban J connectivity index is 2.95. The lowest BCUT2D eigenvalue weighted by Crippen LogP contribution is -1.87. The molecule has 0 aromatic heterocycles. The molecule has 0 unspecified atom stereocenters. The number of aromatic hydroxyl groups is 1. The van der Waals surface area contributed by atoms with Crippen LogP contribution in [0.5, 0.6) is 5.75 Å². The smallest absolute Gasteiger partial charge is 0.175 e. The van der Waals surface area contributed by atoms with Crippen molar-refractivity contribution >= 4 is 10.8 Å². The van der Waals surface area contributed by atoms with E-state index in [2.05, 4.69) is 0 Å². The number of halogens is 2. The van der Waals surface area contributed by atoms with E-state index in [4.69, 9.17) is 5.11 Å². The number of phenolic OH excluding ortho intramolecular Hbond substituents is 1. The van der Waals surface area contributed by atoms with Gasteiger partial charge in [0.05, 0.1) is 5.39 Å². The average molecular weight is 194 g/mol. The lowest BCUT2D eigenvalue weighted by atomic mass is 10.1. The molecule has 2 aromatic carbocycles. The van der Waals surface area contributed by atoms with Gasteiger partial charge in [-0.3, -0.25) is 0 Å². The van der Waals surface area contributed by atoms with Gasteiger partial charge in [-0.25, -0.2) is 8.78 Å². The fraction of sp³-hybridized carbons (Fsp3) is 0.0909. The number of rotatable bonds is 0. The standard InChI is InChI=1S/C11H8F2O/c1-6-4-7-2-3-9(14)11(13)10(7)8(12)5-6/h2-5,14H,1H3. The first-order valence-electron chi connectivity index (χ1n) is 4.17. The maximum absolute atomic E-state index is 13.3. The Labute approximate surface area is 79.6 Å². The number of hydrogen-bond donors (Lipinski definition) is 1. The van der Waals surface area contributed by atoms with Gasteiger partial charge in [-0.15, -0.1) is 0 Å². The van der Waals surface area contributed by atoms with Crippen LogP contribution < -0.4 is 0 Å². The molecule has 0 saturated heterocycles. The third kappa shape index (κ3) is 1.21. The summed E-state index contributed by atoms with van der Waals surface area (Å²) in [6, 6.07) is 5.62. The van der Waals surface area contributed by atoms with Gasteiger partial charge in [-0.05, 0) is 30.0 Å². The van der Waals surface area contributed by atoms with Crippen LogP contribution in [0.2, 0.25) is 0 Å². The Morgan fingerprint density at radius 2 is 1.86 bits per heavy atom. The summed E-state index contributed by atoms with van der Waals surface area (Å²) >= 11 is 0. The van der Waals surface area contributed by atoms with Gasteiger partial charge in [0, 0.05) is 0 Å². The highest BCUT2D eigenvalue weighted by Gasteiger charge is 2.10. The number of benzene rings is 2. The second kappa shape index (κ2) is 2.94. The average Bonchev–Trinajstić information content (AvgIpc) is 2.10. The van der Waals surface area contributed by atoms with Crippen molar-refractivity contribution in [3.8, 4) is 5.75 Å². The highest BCUT2D eigenvalue weighted by atomic mass is 19.1. The van der Waals surface area contributed by atoms with Crippen molar-refractivity contribution in [1.29, 1.82) is 0 Å². The molecule has 0 aliphatic rings. The lowest BCUT2D eigenvalue weighted by Gasteiger charge is -2.04. The van der Waals surface area contributed by atoms with Gasteiger partial charge in [0.1, 0.15) is 5.82 Å². The van der Waals surface area contributed by atoms with E-state index in [9.17, 15) is 8.78 Å². The van der Waals surface area contributed by atoms with Gasteiger partial charge >= 0.3 is 0 Å². The van der Waals surface area contributed by atoms with E-state index in [1.807, 2.05) is 0 Å². The Hall–Kier alpha value is -1.64. The lowest BCUT2D eigenvalue weighted by molar-refractivity contribution is 0.435. The van der Waals surface area contributed by atoms with Crippen molar-refractivity contribution in [2.75, 3.05) is 0 Å². The van der Waals surface area contributed by atoms with Crippen LogP contribution >= 0.6 is 0 Å². The van der Waals surface area contributed by atoms with Gasteiger partial charge in [-0.1, -0.05) is 12.1 Å². The van der Waals surface area contributed by atoms with E-state index in [1.54, 1.807) is 13.0 Å². The van der Waals surface area contributed by atoms with Gasteiger partial charge in [0.2, 0.25) is 0 Å². The third-order valence-corrected chi connectivity index (χ3v) is 2.13. The fourth-order valence-electron chi connectivity index (χ4n) is 1.50. The maximum atomic E-state index is 13.3. The predicted molar refractivity (Wildman–Crippen MR) is 50.3 cm³/mol. The van der Waals surface area contributed by atoms with E-state index in [1.165, 1.54) is 18.2 Å². The molecule has 72 valence electrons. The molecule has 0 amide bonds. The van der Waals surface area contributed by atoms with Crippen LogP contribution in [0, 0.1) is 18.6 Å². The molecule has 3 heteroatoms. The molecule has 0 radical (unpaired) electrons. The highest BCUT2D eigenvalue weighted by Crippen LogP contribution is 2.28. The van der Waals surface area contributed by atoms with E-state index in [-0.39, 0.29) is 5.39 Å². The molecule has 0 aliphatic heterocycles. The Bertz CT molecular complexity index is 506. The first-order chi connectivity index (χ1) is 6.59. The monoisotopic (exact) mass is 194 g/mol. The van der Waals surface area contributed by atoms with Crippen LogP contribution in [0.4, 0.5) is 8.78 Å². The summed E-state index contributed by atoms with van der Waals surface area (Å²) in [6.45, 7) is 1.73. The summed E-state index contributed by atoms with van der Waals surface area (Å²) in [5.74, 6) is -2.08. The molecule has 0 bridgehead atoms. The summed E-state index contributed by atoms with van der Waals surface area (Å²) < 4.78 is 26.6. The second-order valence-corrected chi connectivity index (χ2v) is 3.24. The molecule has 0 atom stereocenters.